The second-order valence-electron chi connectivity index (χ2n) is 4.44. The molecule has 0 aromatic heterocycles. The summed E-state index contributed by atoms with van der Waals surface area (Å²) in [6.07, 6.45) is 0. The van der Waals surface area contributed by atoms with Gasteiger partial charge in [0.15, 0.2) is 11.5 Å². The summed E-state index contributed by atoms with van der Waals surface area (Å²) in [6.45, 7) is 0.0687. The Morgan fingerprint density at radius 2 is 1.59 bits per heavy atom. The zero-order valence-electron chi connectivity index (χ0n) is 11.3. The third kappa shape index (κ3) is 2.67. The molecule has 0 amide bonds. The van der Waals surface area contributed by atoms with Gasteiger partial charge in [0.1, 0.15) is 0 Å². The average Bonchev–Trinajstić information content (AvgIpc) is 3.02. The van der Waals surface area contributed by atoms with Gasteiger partial charge < -0.3 is 14.2 Å². The van der Waals surface area contributed by atoms with Gasteiger partial charge in [-0.25, -0.2) is 9.59 Å². The smallest absolute Gasteiger partial charge is 0.387 e. The fourth-order valence-corrected chi connectivity index (χ4v) is 1.92. The zero-order valence-corrected chi connectivity index (χ0v) is 11.3. The molecule has 6 heteroatoms. The van der Waals surface area contributed by atoms with E-state index in [4.69, 9.17) is 9.47 Å². The second kappa shape index (κ2) is 5.69. The maximum Gasteiger partial charge on any atom is 0.387 e. The molecule has 0 unspecified atom stereocenters. The van der Waals surface area contributed by atoms with Crippen LogP contribution in [0.25, 0.3) is 0 Å². The van der Waals surface area contributed by atoms with Gasteiger partial charge in [0.05, 0.1) is 5.56 Å². The largest absolute Gasteiger partial charge is 0.454 e. The molecule has 0 bridgehead atoms. The Balaban J connectivity index is 1.71. The highest BCUT2D eigenvalue weighted by Crippen LogP contribution is 2.32. The minimum Gasteiger partial charge on any atom is -0.454 e. The summed E-state index contributed by atoms with van der Waals surface area (Å²) in [5.41, 5.74) is 0.254. The fourth-order valence-electron chi connectivity index (χ4n) is 1.92. The Bertz CT molecular complexity index is 750. The van der Waals surface area contributed by atoms with Crippen LogP contribution < -0.4 is 9.47 Å². The lowest BCUT2D eigenvalue weighted by molar-refractivity contribution is -0.132. The fraction of sp³-hybridized carbons (Fsp3) is 0.0625. The molecule has 0 atom stereocenters. The molecule has 6 nitrogen and oxygen atoms in total. The minimum absolute atomic E-state index is 0.0687. The first-order valence-corrected chi connectivity index (χ1v) is 6.40. The van der Waals surface area contributed by atoms with Gasteiger partial charge in [0.25, 0.3) is 5.78 Å². The first-order chi connectivity index (χ1) is 10.6. The summed E-state index contributed by atoms with van der Waals surface area (Å²) in [7, 11) is 0. The lowest BCUT2D eigenvalue weighted by Gasteiger charge is -2.03. The molecule has 1 aliphatic rings. The van der Waals surface area contributed by atoms with Gasteiger partial charge in [-0.3, -0.25) is 4.79 Å². The van der Waals surface area contributed by atoms with Crippen molar-refractivity contribution in [1.82, 2.24) is 0 Å². The molecule has 1 aliphatic heterocycles. The van der Waals surface area contributed by atoms with Gasteiger partial charge in [0, 0.05) is 5.56 Å². The zero-order chi connectivity index (χ0) is 15.5. The number of carbonyl (C=O) groups excluding carboxylic acids is 3. The molecule has 2 aromatic carbocycles. The van der Waals surface area contributed by atoms with Crippen LogP contribution in [0, 0.1) is 0 Å². The van der Waals surface area contributed by atoms with E-state index in [2.05, 4.69) is 4.74 Å². The van der Waals surface area contributed by atoms with Gasteiger partial charge in [-0.1, -0.05) is 30.3 Å². The van der Waals surface area contributed by atoms with Gasteiger partial charge in [-0.15, -0.1) is 0 Å². The van der Waals surface area contributed by atoms with Crippen molar-refractivity contribution in [1.29, 1.82) is 0 Å². The van der Waals surface area contributed by atoms with E-state index in [-0.39, 0.29) is 17.9 Å². The molecule has 3 rings (SSSR count). The lowest BCUT2D eigenvalue weighted by Crippen LogP contribution is -2.21. The van der Waals surface area contributed by atoms with Crippen molar-refractivity contribution < 1.29 is 28.6 Å². The number of fused-ring (bicyclic) bond motifs is 1. The average molecular weight is 298 g/mol. The monoisotopic (exact) mass is 298 g/mol. The maximum atomic E-state index is 11.9. The standard InChI is InChI=1S/C16H10O6/c17-14(10-4-2-1-3-5-10)16(19)22-15(18)11-6-7-12-13(8-11)21-9-20-12/h1-8H,9H2. The topological polar surface area (TPSA) is 78.9 Å². The minimum atomic E-state index is -1.23. The number of benzene rings is 2. The molecule has 0 aliphatic carbocycles. The number of hydrogen-bond donors (Lipinski definition) is 0. The van der Waals surface area contributed by atoms with Gasteiger partial charge in [0.2, 0.25) is 6.79 Å². The van der Waals surface area contributed by atoms with Crippen LogP contribution in [0.15, 0.2) is 48.5 Å². The van der Waals surface area contributed by atoms with Crippen LogP contribution in [0.1, 0.15) is 20.7 Å². The second-order valence-corrected chi connectivity index (χ2v) is 4.44. The van der Waals surface area contributed by atoms with Crippen molar-refractivity contribution in [2.24, 2.45) is 0 Å². The van der Waals surface area contributed by atoms with E-state index in [1.807, 2.05) is 0 Å². The van der Waals surface area contributed by atoms with E-state index in [9.17, 15) is 14.4 Å². The Hall–Kier alpha value is -3.15. The van der Waals surface area contributed by atoms with Gasteiger partial charge >= 0.3 is 11.9 Å². The van der Waals surface area contributed by atoms with Crippen LogP contribution in [-0.4, -0.2) is 24.5 Å². The highest BCUT2D eigenvalue weighted by molar-refractivity contribution is 6.42. The number of rotatable bonds is 3. The molecule has 0 spiro atoms. The first kappa shape index (κ1) is 13.8. The molecular weight excluding hydrogens is 288 g/mol. The van der Waals surface area contributed by atoms with E-state index in [0.717, 1.165) is 0 Å². The summed E-state index contributed by atoms with van der Waals surface area (Å²) in [5.74, 6) is -2.14. The van der Waals surface area contributed by atoms with Crippen molar-refractivity contribution in [3.8, 4) is 11.5 Å². The van der Waals surface area contributed by atoms with E-state index < -0.39 is 17.7 Å². The number of ether oxygens (including phenoxy) is 3. The van der Waals surface area contributed by atoms with Crippen molar-refractivity contribution >= 4 is 17.7 Å². The van der Waals surface area contributed by atoms with Crippen LogP contribution in [0.2, 0.25) is 0 Å². The van der Waals surface area contributed by atoms with Crippen molar-refractivity contribution in [2.45, 2.75) is 0 Å². The third-order valence-corrected chi connectivity index (χ3v) is 3.02. The SMILES string of the molecule is O=C(OC(=O)c1ccc2c(c1)OCO2)C(=O)c1ccccc1. The van der Waals surface area contributed by atoms with Gasteiger partial charge in [-0.05, 0) is 18.2 Å². The lowest BCUT2D eigenvalue weighted by atomic mass is 10.1. The third-order valence-electron chi connectivity index (χ3n) is 3.02. The van der Waals surface area contributed by atoms with E-state index >= 15 is 0 Å². The highest BCUT2D eigenvalue weighted by atomic mass is 16.7. The van der Waals surface area contributed by atoms with Crippen molar-refractivity contribution in [3.63, 3.8) is 0 Å². The number of Topliss-reactive ketones (excluding diaryl/α,β-unsaturated/α-hetero) is 1. The normalized spacial score (nSPS) is 11.8. The molecule has 0 saturated carbocycles. The van der Waals surface area contributed by atoms with Crippen LogP contribution >= 0.6 is 0 Å². The van der Waals surface area contributed by atoms with Crippen molar-refractivity contribution in [3.05, 3.63) is 59.7 Å². The van der Waals surface area contributed by atoms with Gasteiger partial charge in [-0.2, -0.15) is 0 Å². The molecule has 1 heterocycles. The van der Waals surface area contributed by atoms with Crippen LogP contribution in [0.3, 0.4) is 0 Å². The number of carbonyl (C=O) groups is 3. The van der Waals surface area contributed by atoms with Crippen molar-refractivity contribution in [2.75, 3.05) is 6.79 Å². The predicted octanol–water partition coefficient (Wildman–Crippen LogP) is 1.98. The molecular formula is C16H10O6. The van der Waals surface area contributed by atoms with Crippen LogP contribution in [0.4, 0.5) is 0 Å². The maximum absolute atomic E-state index is 11.9. The number of esters is 2. The van der Waals surface area contributed by atoms with Crippen LogP contribution in [0.5, 0.6) is 11.5 Å². The molecule has 0 N–H and O–H groups in total. The quantitative estimate of drug-likeness (QED) is 0.373. The summed E-state index contributed by atoms with van der Waals surface area (Å²) < 4.78 is 14.8. The highest BCUT2D eigenvalue weighted by Gasteiger charge is 2.23. The Kier molecular flexibility index (Phi) is 3.57. The molecule has 0 radical (unpaired) electrons. The molecule has 0 fully saturated rings. The molecule has 0 saturated heterocycles. The molecule has 110 valence electrons. The summed E-state index contributed by atoms with van der Waals surface area (Å²) in [4.78, 5) is 35.4. The van der Waals surface area contributed by atoms with E-state index in [1.54, 1.807) is 18.2 Å². The summed E-state index contributed by atoms with van der Waals surface area (Å²) in [6, 6.07) is 12.2. The van der Waals surface area contributed by atoms with E-state index in [0.29, 0.717) is 11.5 Å². The summed E-state index contributed by atoms with van der Waals surface area (Å²) in [5, 5.41) is 0. The Morgan fingerprint density at radius 1 is 0.864 bits per heavy atom. The van der Waals surface area contributed by atoms with Crippen LogP contribution in [-0.2, 0) is 9.53 Å². The molecule has 22 heavy (non-hydrogen) atoms. The Morgan fingerprint density at radius 3 is 2.36 bits per heavy atom. The molecule has 2 aromatic rings. The Labute approximate surface area is 125 Å². The number of hydrogen-bond acceptors (Lipinski definition) is 6. The summed E-state index contributed by atoms with van der Waals surface area (Å²) >= 11 is 0. The van der Waals surface area contributed by atoms with E-state index in [1.165, 1.54) is 30.3 Å². The number of ketones is 1. The first-order valence-electron chi connectivity index (χ1n) is 6.40. The predicted molar refractivity (Wildman–Crippen MR) is 73.8 cm³/mol.